The zero-order valence-electron chi connectivity index (χ0n) is 8.58. The lowest BCUT2D eigenvalue weighted by atomic mass is 10.2. The molecule has 0 bridgehead atoms. The van der Waals surface area contributed by atoms with Gasteiger partial charge in [0.05, 0.1) is 12.7 Å². The highest BCUT2D eigenvalue weighted by molar-refractivity contribution is 5.91. The normalized spacial score (nSPS) is 11.3. The molecule has 0 aromatic carbocycles. The number of aromatic nitrogens is 1. The number of carbonyl (C=O) groups is 1. The van der Waals surface area contributed by atoms with Crippen molar-refractivity contribution in [2.45, 2.75) is 6.18 Å². The minimum absolute atomic E-state index is 0.114. The molecule has 1 heterocycles. The first-order valence-electron chi connectivity index (χ1n) is 4.21. The van der Waals surface area contributed by atoms with Crippen LogP contribution in [0.2, 0.25) is 0 Å². The molecule has 16 heavy (non-hydrogen) atoms. The van der Waals surface area contributed by atoms with Crippen LogP contribution in [-0.2, 0) is 11.0 Å². The highest BCUT2D eigenvalue weighted by atomic mass is 19.4. The van der Waals surface area contributed by atoms with E-state index >= 15 is 0 Å². The molecule has 0 fully saturated rings. The average molecular weight is 234 g/mol. The minimum atomic E-state index is -4.46. The molecule has 1 rings (SSSR count). The first-order chi connectivity index (χ1) is 7.36. The molecule has 7 heteroatoms. The summed E-state index contributed by atoms with van der Waals surface area (Å²) in [5.41, 5.74) is -1.01. The van der Waals surface area contributed by atoms with Gasteiger partial charge in [-0.3, -0.25) is 14.6 Å². The van der Waals surface area contributed by atoms with E-state index in [0.29, 0.717) is 6.20 Å². The van der Waals surface area contributed by atoms with Crippen LogP contribution in [0.15, 0.2) is 18.3 Å². The second-order valence-electron chi connectivity index (χ2n) is 2.92. The van der Waals surface area contributed by atoms with E-state index in [9.17, 15) is 18.0 Å². The first kappa shape index (κ1) is 12.4. The maximum atomic E-state index is 12.2. The minimum Gasteiger partial charge on any atom is -0.274 e. The summed E-state index contributed by atoms with van der Waals surface area (Å²) in [5, 5.41) is 0.871. The Morgan fingerprint density at radius 3 is 2.44 bits per heavy atom. The van der Waals surface area contributed by atoms with E-state index in [1.165, 1.54) is 14.2 Å². The van der Waals surface area contributed by atoms with Crippen molar-refractivity contribution in [3.8, 4) is 0 Å². The van der Waals surface area contributed by atoms with E-state index in [1.54, 1.807) is 0 Å². The molecule has 0 aliphatic rings. The van der Waals surface area contributed by atoms with Crippen LogP contribution in [-0.4, -0.2) is 30.1 Å². The summed E-state index contributed by atoms with van der Waals surface area (Å²) in [6.45, 7) is 0. The van der Waals surface area contributed by atoms with Crippen LogP contribution in [0.4, 0.5) is 13.2 Å². The van der Waals surface area contributed by atoms with Crippen molar-refractivity contribution in [3.63, 3.8) is 0 Å². The summed E-state index contributed by atoms with van der Waals surface area (Å²) in [7, 11) is 2.60. The molecule has 0 saturated carbocycles. The number of hydrogen-bond donors (Lipinski definition) is 0. The summed E-state index contributed by atoms with van der Waals surface area (Å²) >= 11 is 0. The predicted octanol–water partition coefficient (Wildman–Crippen LogP) is 1.73. The van der Waals surface area contributed by atoms with Crippen LogP contribution < -0.4 is 0 Å². The molecular weight excluding hydrogens is 225 g/mol. The largest absolute Gasteiger partial charge is 0.417 e. The molecule has 0 atom stereocenters. The zero-order chi connectivity index (χ0) is 12.3. The fourth-order valence-corrected chi connectivity index (χ4v) is 0.932. The number of rotatable bonds is 2. The third-order valence-corrected chi connectivity index (χ3v) is 1.87. The summed E-state index contributed by atoms with van der Waals surface area (Å²) in [6.07, 6.45) is -3.85. The van der Waals surface area contributed by atoms with Crippen LogP contribution in [0.1, 0.15) is 16.1 Å². The lowest BCUT2D eigenvalue weighted by Crippen LogP contribution is -2.26. The lowest BCUT2D eigenvalue weighted by molar-refractivity contribution is -0.137. The molecule has 0 aliphatic heterocycles. The van der Waals surface area contributed by atoms with Crippen LogP contribution in [0, 0.1) is 0 Å². The van der Waals surface area contributed by atoms with Gasteiger partial charge in [-0.25, -0.2) is 5.06 Å². The van der Waals surface area contributed by atoms with Gasteiger partial charge in [-0.05, 0) is 12.1 Å². The number of hydroxylamine groups is 2. The lowest BCUT2D eigenvalue weighted by Gasteiger charge is -2.13. The smallest absolute Gasteiger partial charge is 0.274 e. The van der Waals surface area contributed by atoms with E-state index in [1.807, 2.05) is 0 Å². The number of amides is 1. The van der Waals surface area contributed by atoms with Gasteiger partial charge in [-0.15, -0.1) is 0 Å². The van der Waals surface area contributed by atoms with Crippen molar-refractivity contribution in [3.05, 3.63) is 29.6 Å². The number of alkyl halides is 3. The van der Waals surface area contributed by atoms with Gasteiger partial charge in [-0.2, -0.15) is 13.2 Å². The maximum Gasteiger partial charge on any atom is 0.417 e. The van der Waals surface area contributed by atoms with Crippen LogP contribution in [0.25, 0.3) is 0 Å². The van der Waals surface area contributed by atoms with Crippen molar-refractivity contribution in [2.24, 2.45) is 0 Å². The quantitative estimate of drug-likeness (QED) is 0.732. The van der Waals surface area contributed by atoms with Crippen molar-refractivity contribution in [1.82, 2.24) is 10.0 Å². The maximum absolute atomic E-state index is 12.2. The van der Waals surface area contributed by atoms with Crippen molar-refractivity contribution < 1.29 is 22.8 Å². The van der Waals surface area contributed by atoms with Gasteiger partial charge in [0.15, 0.2) is 0 Å². The number of hydrogen-bond acceptors (Lipinski definition) is 3. The zero-order valence-corrected chi connectivity index (χ0v) is 8.58. The second-order valence-corrected chi connectivity index (χ2v) is 2.92. The number of pyridine rings is 1. The van der Waals surface area contributed by atoms with Crippen LogP contribution >= 0.6 is 0 Å². The average Bonchev–Trinajstić information content (AvgIpc) is 2.26. The van der Waals surface area contributed by atoms with E-state index in [4.69, 9.17) is 0 Å². The van der Waals surface area contributed by atoms with Gasteiger partial charge in [0, 0.05) is 13.2 Å². The third-order valence-electron chi connectivity index (χ3n) is 1.87. The molecule has 1 amide bonds. The molecular formula is C9H9F3N2O2. The van der Waals surface area contributed by atoms with E-state index in [-0.39, 0.29) is 5.69 Å². The highest BCUT2D eigenvalue weighted by Crippen LogP contribution is 2.28. The molecule has 4 nitrogen and oxygen atoms in total. The molecule has 88 valence electrons. The molecule has 1 aromatic rings. The van der Waals surface area contributed by atoms with Gasteiger partial charge in [0.25, 0.3) is 5.91 Å². The van der Waals surface area contributed by atoms with Gasteiger partial charge in [0.1, 0.15) is 5.69 Å². The van der Waals surface area contributed by atoms with E-state index < -0.39 is 17.6 Å². The van der Waals surface area contributed by atoms with Crippen LogP contribution in [0.3, 0.4) is 0 Å². The van der Waals surface area contributed by atoms with Crippen molar-refractivity contribution in [1.29, 1.82) is 0 Å². The Bertz CT molecular complexity index is 375. The summed E-state index contributed by atoms with van der Waals surface area (Å²) in [4.78, 5) is 19.4. The Morgan fingerprint density at radius 1 is 1.44 bits per heavy atom. The second kappa shape index (κ2) is 4.48. The predicted molar refractivity (Wildman–Crippen MR) is 48.3 cm³/mol. The molecule has 1 aromatic heterocycles. The van der Waals surface area contributed by atoms with Crippen LogP contribution in [0.5, 0.6) is 0 Å². The molecule has 0 spiro atoms. The fourth-order valence-electron chi connectivity index (χ4n) is 0.932. The Kier molecular flexibility index (Phi) is 3.48. The fraction of sp³-hybridized carbons (Fsp3) is 0.333. The number of halogens is 3. The van der Waals surface area contributed by atoms with Crippen molar-refractivity contribution in [2.75, 3.05) is 14.2 Å². The Labute approximate surface area is 89.6 Å². The standard InChI is InChI=1S/C9H9F3N2O2/c1-14(16-2)8(15)7-4-3-6(5-13-7)9(10,11)12/h3-5H,1-2H3. The molecule has 0 radical (unpaired) electrons. The summed E-state index contributed by atoms with van der Waals surface area (Å²) < 4.78 is 36.6. The topological polar surface area (TPSA) is 42.4 Å². The highest BCUT2D eigenvalue weighted by Gasteiger charge is 2.31. The monoisotopic (exact) mass is 234 g/mol. The van der Waals surface area contributed by atoms with Gasteiger partial charge in [0.2, 0.25) is 0 Å². The van der Waals surface area contributed by atoms with E-state index in [2.05, 4.69) is 9.82 Å². The molecule has 0 unspecified atom stereocenters. The Balaban J connectivity index is 2.91. The molecule has 0 saturated heterocycles. The number of nitrogens with zero attached hydrogens (tertiary/aromatic N) is 2. The summed E-state index contributed by atoms with van der Waals surface area (Å²) in [5.74, 6) is -0.615. The van der Waals surface area contributed by atoms with Gasteiger partial charge in [-0.1, -0.05) is 0 Å². The first-order valence-corrected chi connectivity index (χ1v) is 4.21. The van der Waals surface area contributed by atoms with E-state index in [0.717, 1.165) is 17.2 Å². The molecule has 0 aliphatic carbocycles. The van der Waals surface area contributed by atoms with Gasteiger partial charge < -0.3 is 0 Å². The van der Waals surface area contributed by atoms with Gasteiger partial charge >= 0.3 is 6.18 Å². The Hall–Kier alpha value is -1.63. The number of carbonyl (C=O) groups excluding carboxylic acids is 1. The SMILES string of the molecule is CON(C)C(=O)c1ccc(C(F)(F)F)cn1. The summed E-state index contributed by atoms with van der Waals surface area (Å²) in [6, 6.07) is 1.80. The Morgan fingerprint density at radius 2 is 2.06 bits per heavy atom. The van der Waals surface area contributed by atoms with Crippen molar-refractivity contribution >= 4 is 5.91 Å². The molecule has 0 N–H and O–H groups in total. The third kappa shape index (κ3) is 2.69.